The third kappa shape index (κ3) is 1.36. The lowest BCUT2D eigenvalue weighted by Crippen LogP contribution is -2.43. The van der Waals surface area contributed by atoms with Crippen molar-refractivity contribution in [2.45, 2.75) is 44.3 Å². The Kier molecular flexibility index (Phi) is 1.99. The van der Waals surface area contributed by atoms with E-state index in [0.29, 0.717) is 5.92 Å². The Balaban J connectivity index is 2.09. The molecule has 1 fully saturated rings. The summed E-state index contributed by atoms with van der Waals surface area (Å²) in [6.07, 6.45) is 2.98. The molecule has 2 nitrogen and oxygen atoms in total. The Hall–Kier alpha value is -1.02. The smallest absolute Gasteiger partial charge is 0.125 e. The maximum atomic E-state index is 10.1. The molecular weight excluding hydrogens is 188 g/mol. The quantitative estimate of drug-likeness (QED) is 0.703. The topological polar surface area (TPSA) is 29.5 Å². The molecule has 1 N–H and O–H groups in total. The predicted molar refractivity (Wildman–Crippen MR) is 58.2 cm³/mol. The van der Waals surface area contributed by atoms with Crippen LogP contribution in [-0.2, 0) is 0 Å². The van der Waals surface area contributed by atoms with Gasteiger partial charge in [-0.1, -0.05) is 17.7 Å². The van der Waals surface area contributed by atoms with E-state index in [1.54, 1.807) is 0 Å². The molecule has 0 saturated heterocycles. The summed E-state index contributed by atoms with van der Waals surface area (Å²) >= 11 is 0. The first-order valence-electron chi connectivity index (χ1n) is 5.71. The summed E-state index contributed by atoms with van der Waals surface area (Å²) < 4.78 is 5.82. The summed E-state index contributed by atoms with van der Waals surface area (Å²) in [5, 5.41) is 10.1. The molecule has 0 spiro atoms. The Morgan fingerprint density at radius 2 is 2.20 bits per heavy atom. The van der Waals surface area contributed by atoms with Crippen molar-refractivity contribution in [3.63, 3.8) is 0 Å². The highest BCUT2D eigenvalue weighted by Gasteiger charge is 2.39. The van der Waals surface area contributed by atoms with E-state index in [-0.39, 0.29) is 12.2 Å². The number of fused-ring (bicyclic) bond motifs is 4. The van der Waals surface area contributed by atoms with Gasteiger partial charge in [0.1, 0.15) is 11.9 Å². The first kappa shape index (κ1) is 9.22. The van der Waals surface area contributed by atoms with Crippen molar-refractivity contribution in [2.24, 2.45) is 0 Å². The fraction of sp³-hybridized carbons (Fsp3) is 0.538. The third-order valence-electron chi connectivity index (χ3n) is 3.64. The number of ether oxygens (including phenoxy) is 1. The Bertz CT molecular complexity index is 386. The molecule has 1 aromatic rings. The number of aliphatic hydroxyl groups is 1. The van der Waals surface area contributed by atoms with Crippen LogP contribution in [-0.4, -0.2) is 17.3 Å². The molecule has 1 saturated carbocycles. The van der Waals surface area contributed by atoms with Gasteiger partial charge in [-0.05, 0) is 32.3 Å². The van der Waals surface area contributed by atoms with Crippen LogP contribution in [0.15, 0.2) is 18.2 Å². The van der Waals surface area contributed by atoms with Gasteiger partial charge in [0.05, 0.1) is 6.10 Å². The molecule has 1 aliphatic carbocycles. The second-order valence-electron chi connectivity index (χ2n) is 4.73. The molecule has 1 heterocycles. The maximum absolute atomic E-state index is 10.1. The third-order valence-corrected chi connectivity index (χ3v) is 3.64. The molecule has 0 radical (unpaired) electrons. The average molecular weight is 204 g/mol. The minimum Gasteiger partial charge on any atom is -0.487 e. The molecule has 80 valence electrons. The lowest BCUT2D eigenvalue weighted by Gasteiger charge is -2.40. The maximum Gasteiger partial charge on any atom is 0.125 e. The molecule has 2 aliphatic rings. The molecule has 2 heteroatoms. The minimum absolute atomic E-state index is 0.0268. The van der Waals surface area contributed by atoms with Crippen molar-refractivity contribution in [2.75, 3.05) is 0 Å². The van der Waals surface area contributed by atoms with Crippen molar-refractivity contribution in [3.8, 4) is 5.75 Å². The summed E-state index contributed by atoms with van der Waals surface area (Å²) in [6.45, 7) is 2.08. The lowest BCUT2D eigenvalue weighted by molar-refractivity contribution is -0.0247. The van der Waals surface area contributed by atoms with Gasteiger partial charge in [-0.2, -0.15) is 0 Å². The van der Waals surface area contributed by atoms with Gasteiger partial charge in [0, 0.05) is 11.5 Å². The number of benzene rings is 1. The Morgan fingerprint density at radius 3 is 3.07 bits per heavy atom. The molecule has 1 aromatic carbocycles. The van der Waals surface area contributed by atoms with Gasteiger partial charge in [-0.3, -0.25) is 0 Å². The van der Waals surface area contributed by atoms with Crippen LogP contribution in [0.3, 0.4) is 0 Å². The molecule has 0 unspecified atom stereocenters. The van der Waals surface area contributed by atoms with Crippen molar-refractivity contribution in [3.05, 3.63) is 29.3 Å². The molecule has 0 aromatic heterocycles. The standard InChI is InChI=1S/C13H16O2/c1-8-5-6-11-10(7-8)9-3-2-4-12(15-11)13(9)14/h5-7,9,12-14H,2-4H2,1H3/t9-,12-,13-/m1/s1. The molecule has 3 rings (SSSR count). The van der Waals surface area contributed by atoms with Crippen molar-refractivity contribution in [1.29, 1.82) is 0 Å². The number of hydrogen-bond acceptors (Lipinski definition) is 2. The monoisotopic (exact) mass is 204 g/mol. The number of aryl methyl sites for hydroxylation is 1. The fourth-order valence-corrected chi connectivity index (χ4v) is 2.84. The van der Waals surface area contributed by atoms with Crippen molar-refractivity contribution in [1.82, 2.24) is 0 Å². The van der Waals surface area contributed by atoms with E-state index in [1.165, 1.54) is 17.5 Å². The van der Waals surface area contributed by atoms with E-state index in [9.17, 15) is 5.11 Å². The van der Waals surface area contributed by atoms with Crippen LogP contribution < -0.4 is 4.74 Å². The van der Waals surface area contributed by atoms with Gasteiger partial charge in [0.15, 0.2) is 0 Å². The molecule has 0 amide bonds. The minimum atomic E-state index is -0.298. The second kappa shape index (κ2) is 3.24. The summed E-state index contributed by atoms with van der Waals surface area (Å²) in [7, 11) is 0. The van der Waals surface area contributed by atoms with Crippen LogP contribution in [0.2, 0.25) is 0 Å². The van der Waals surface area contributed by atoms with Crippen LogP contribution in [0.5, 0.6) is 5.75 Å². The number of rotatable bonds is 0. The molecular formula is C13H16O2. The highest BCUT2D eigenvalue weighted by molar-refractivity contribution is 5.42. The zero-order chi connectivity index (χ0) is 10.4. The van der Waals surface area contributed by atoms with E-state index in [2.05, 4.69) is 19.1 Å². The average Bonchev–Trinajstić information content (AvgIpc) is 2.20. The molecule has 3 atom stereocenters. The van der Waals surface area contributed by atoms with Crippen molar-refractivity contribution < 1.29 is 9.84 Å². The SMILES string of the molecule is Cc1ccc2c(c1)[C@H]1CCC[C@@H](O2)[C@@H]1O. The summed E-state index contributed by atoms with van der Waals surface area (Å²) in [5.74, 6) is 1.29. The van der Waals surface area contributed by atoms with Crippen LogP contribution in [0.25, 0.3) is 0 Å². The predicted octanol–water partition coefficient (Wildman–Crippen LogP) is 2.38. The number of aliphatic hydroxyl groups excluding tert-OH is 1. The summed E-state index contributed by atoms with van der Waals surface area (Å²) in [4.78, 5) is 0. The van der Waals surface area contributed by atoms with Crippen LogP contribution >= 0.6 is 0 Å². The lowest BCUT2D eigenvalue weighted by atomic mass is 9.77. The van der Waals surface area contributed by atoms with Gasteiger partial charge in [-0.25, -0.2) is 0 Å². The van der Waals surface area contributed by atoms with Gasteiger partial charge in [-0.15, -0.1) is 0 Å². The van der Waals surface area contributed by atoms with Gasteiger partial charge >= 0.3 is 0 Å². The van der Waals surface area contributed by atoms with Gasteiger partial charge in [0.25, 0.3) is 0 Å². The first-order chi connectivity index (χ1) is 7.25. The van der Waals surface area contributed by atoms with Crippen LogP contribution in [0, 0.1) is 6.92 Å². The van der Waals surface area contributed by atoms with Gasteiger partial charge in [0.2, 0.25) is 0 Å². The second-order valence-corrected chi connectivity index (χ2v) is 4.73. The molecule has 2 bridgehead atoms. The normalized spacial score (nSPS) is 33.1. The fourth-order valence-electron chi connectivity index (χ4n) is 2.84. The number of hydrogen-bond donors (Lipinski definition) is 1. The Labute approximate surface area is 89.9 Å². The summed E-state index contributed by atoms with van der Waals surface area (Å²) in [6, 6.07) is 6.28. The van der Waals surface area contributed by atoms with E-state index in [0.717, 1.165) is 18.6 Å². The highest BCUT2D eigenvalue weighted by Crippen LogP contribution is 2.44. The van der Waals surface area contributed by atoms with Crippen LogP contribution in [0.1, 0.15) is 36.3 Å². The largest absolute Gasteiger partial charge is 0.487 e. The molecule has 15 heavy (non-hydrogen) atoms. The van der Waals surface area contributed by atoms with Gasteiger partial charge < -0.3 is 9.84 Å². The molecule has 1 aliphatic heterocycles. The van der Waals surface area contributed by atoms with Crippen LogP contribution in [0.4, 0.5) is 0 Å². The van der Waals surface area contributed by atoms with Crippen molar-refractivity contribution >= 4 is 0 Å². The van der Waals surface area contributed by atoms with E-state index >= 15 is 0 Å². The summed E-state index contributed by atoms with van der Waals surface area (Å²) in [5.41, 5.74) is 2.45. The first-order valence-corrected chi connectivity index (χ1v) is 5.71. The zero-order valence-electron chi connectivity index (χ0n) is 8.94. The van der Waals surface area contributed by atoms with E-state index in [1.807, 2.05) is 6.07 Å². The zero-order valence-corrected chi connectivity index (χ0v) is 8.94. The van der Waals surface area contributed by atoms with E-state index in [4.69, 9.17) is 4.74 Å². The highest BCUT2D eigenvalue weighted by atomic mass is 16.5. The van der Waals surface area contributed by atoms with E-state index < -0.39 is 0 Å². The Morgan fingerprint density at radius 1 is 1.33 bits per heavy atom.